The second-order valence-electron chi connectivity index (χ2n) is 4.70. The lowest BCUT2D eigenvalue weighted by Gasteiger charge is -2.19. The maximum Gasteiger partial charge on any atom is 0.275 e. The number of carbonyl (C=O) groups excluding carboxylic acids is 1. The first-order valence-electron chi connectivity index (χ1n) is 7.34. The zero-order valence-corrected chi connectivity index (χ0v) is 16.1. The fourth-order valence-corrected chi connectivity index (χ4v) is 2.84. The van der Waals surface area contributed by atoms with Gasteiger partial charge in [-0.1, -0.05) is 0 Å². The van der Waals surface area contributed by atoms with Crippen molar-refractivity contribution in [2.24, 2.45) is 5.73 Å². The lowest BCUT2D eigenvalue weighted by atomic mass is 10.3. The predicted molar refractivity (Wildman–Crippen MR) is 105 cm³/mol. The summed E-state index contributed by atoms with van der Waals surface area (Å²) in [6, 6.07) is 3.76. The van der Waals surface area contributed by atoms with E-state index in [9.17, 15) is 4.79 Å². The molecule has 0 saturated carbocycles. The van der Waals surface area contributed by atoms with Gasteiger partial charge in [0.15, 0.2) is 0 Å². The van der Waals surface area contributed by atoms with Crippen molar-refractivity contribution in [3.63, 3.8) is 0 Å². The summed E-state index contributed by atoms with van der Waals surface area (Å²) in [5, 5.41) is 5.43. The van der Waals surface area contributed by atoms with E-state index in [1.54, 1.807) is 11.6 Å². The Bertz CT molecular complexity index is 617. The average molecular weight is 392 g/mol. The molecule has 2 heterocycles. The molecule has 0 bridgehead atoms. The molecule has 1 amide bonds. The number of nitrogens with two attached hydrogens (primary N) is 1. The third kappa shape index (κ3) is 5.90. The second kappa shape index (κ2) is 11.2. The maximum atomic E-state index is 12.1. The number of halogens is 2. The molecule has 0 saturated heterocycles. The van der Waals surface area contributed by atoms with Crippen molar-refractivity contribution in [1.82, 2.24) is 9.97 Å². The molecule has 0 fully saturated rings. The van der Waals surface area contributed by atoms with E-state index in [4.69, 9.17) is 5.73 Å². The highest BCUT2D eigenvalue weighted by molar-refractivity contribution is 7.09. The van der Waals surface area contributed by atoms with Gasteiger partial charge < -0.3 is 16.0 Å². The summed E-state index contributed by atoms with van der Waals surface area (Å²) in [7, 11) is 0. The van der Waals surface area contributed by atoms with Crippen LogP contribution in [0.3, 0.4) is 0 Å². The van der Waals surface area contributed by atoms with E-state index in [2.05, 4.69) is 34.0 Å². The predicted octanol–water partition coefficient (Wildman–Crippen LogP) is 2.98. The smallest absolute Gasteiger partial charge is 0.275 e. The van der Waals surface area contributed by atoms with Crippen molar-refractivity contribution < 1.29 is 4.79 Å². The normalized spacial score (nSPS) is 9.62. The SMILES string of the molecule is CCN(CC)c1ccc(NC(=O)c2csc(CCN)n2)cn1.Cl.Cl. The molecule has 6 nitrogen and oxygen atoms in total. The topological polar surface area (TPSA) is 84.1 Å². The van der Waals surface area contributed by atoms with E-state index in [0.717, 1.165) is 23.9 Å². The van der Waals surface area contributed by atoms with Gasteiger partial charge in [0.2, 0.25) is 0 Å². The van der Waals surface area contributed by atoms with Gasteiger partial charge in [0.25, 0.3) is 5.91 Å². The van der Waals surface area contributed by atoms with Crippen molar-refractivity contribution in [2.45, 2.75) is 20.3 Å². The van der Waals surface area contributed by atoms with Crippen molar-refractivity contribution in [3.05, 3.63) is 34.4 Å². The minimum Gasteiger partial charge on any atom is -0.357 e. The number of hydrogen-bond donors (Lipinski definition) is 2. The summed E-state index contributed by atoms with van der Waals surface area (Å²) in [6.07, 6.45) is 2.36. The molecule has 24 heavy (non-hydrogen) atoms. The molecule has 0 aliphatic carbocycles. The number of pyridine rings is 1. The molecular weight excluding hydrogens is 369 g/mol. The first-order valence-corrected chi connectivity index (χ1v) is 8.22. The molecule has 0 spiro atoms. The van der Waals surface area contributed by atoms with E-state index >= 15 is 0 Å². The largest absolute Gasteiger partial charge is 0.357 e. The van der Waals surface area contributed by atoms with Crippen LogP contribution < -0.4 is 16.0 Å². The molecule has 2 aromatic rings. The number of amides is 1. The Morgan fingerprint density at radius 1 is 1.29 bits per heavy atom. The molecule has 0 aromatic carbocycles. The molecular formula is C15H23Cl2N5OS. The minimum atomic E-state index is -0.225. The van der Waals surface area contributed by atoms with E-state index in [1.807, 2.05) is 12.1 Å². The van der Waals surface area contributed by atoms with Crippen LogP contribution in [-0.2, 0) is 6.42 Å². The quantitative estimate of drug-likeness (QED) is 0.757. The Hall–Kier alpha value is -1.41. The Balaban J connectivity index is 0.00000264. The number of rotatable bonds is 7. The van der Waals surface area contributed by atoms with Gasteiger partial charge in [-0.15, -0.1) is 36.2 Å². The van der Waals surface area contributed by atoms with Crippen LogP contribution in [0.4, 0.5) is 11.5 Å². The third-order valence-corrected chi connectivity index (χ3v) is 4.14. The number of nitrogens with zero attached hydrogens (tertiary/aromatic N) is 3. The molecule has 0 aliphatic heterocycles. The van der Waals surface area contributed by atoms with Gasteiger partial charge in [-0.25, -0.2) is 9.97 Å². The number of aromatic nitrogens is 2. The summed E-state index contributed by atoms with van der Waals surface area (Å²) in [5.41, 5.74) is 6.56. The van der Waals surface area contributed by atoms with Gasteiger partial charge in [-0.2, -0.15) is 0 Å². The Morgan fingerprint density at radius 2 is 2.00 bits per heavy atom. The number of nitrogens with one attached hydrogen (secondary N) is 1. The van der Waals surface area contributed by atoms with E-state index in [1.165, 1.54) is 11.3 Å². The van der Waals surface area contributed by atoms with Gasteiger partial charge in [0.1, 0.15) is 11.5 Å². The molecule has 3 N–H and O–H groups in total. The van der Waals surface area contributed by atoms with Crippen LogP contribution in [-0.4, -0.2) is 35.5 Å². The van der Waals surface area contributed by atoms with Crippen LogP contribution >= 0.6 is 36.2 Å². The van der Waals surface area contributed by atoms with Crippen LogP contribution in [0.2, 0.25) is 0 Å². The monoisotopic (exact) mass is 391 g/mol. The molecule has 134 valence electrons. The zero-order chi connectivity index (χ0) is 15.9. The Labute approximate surface area is 158 Å². The Kier molecular flexibility index (Phi) is 10.5. The van der Waals surface area contributed by atoms with Crippen LogP contribution in [0.25, 0.3) is 0 Å². The number of anilines is 2. The number of hydrogen-bond acceptors (Lipinski definition) is 6. The standard InChI is InChI=1S/C15H21N5OS.2ClH/c1-3-20(4-2)13-6-5-11(9-17-13)18-15(21)12-10-22-14(19-12)7-8-16;;/h5-6,9-10H,3-4,7-8,16H2,1-2H3,(H,18,21);2*1H. The second-order valence-corrected chi connectivity index (χ2v) is 5.64. The third-order valence-electron chi connectivity index (χ3n) is 3.24. The zero-order valence-electron chi connectivity index (χ0n) is 13.7. The van der Waals surface area contributed by atoms with Gasteiger partial charge in [0.05, 0.1) is 16.9 Å². The fourth-order valence-electron chi connectivity index (χ4n) is 2.04. The average Bonchev–Trinajstić information content (AvgIpc) is 2.99. The Morgan fingerprint density at radius 3 is 2.54 bits per heavy atom. The van der Waals surface area contributed by atoms with Crippen molar-refractivity contribution in [3.8, 4) is 0 Å². The van der Waals surface area contributed by atoms with Crippen LogP contribution in [0.15, 0.2) is 23.7 Å². The molecule has 9 heteroatoms. The van der Waals surface area contributed by atoms with Crippen molar-refractivity contribution >= 4 is 53.6 Å². The van der Waals surface area contributed by atoms with E-state index < -0.39 is 0 Å². The minimum absolute atomic E-state index is 0. The van der Waals surface area contributed by atoms with Crippen LogP contribution in [0.1, 0.15) is 29.3 Å². The van der Waals surface area contributed by atoms with Crippen molar-refractivity contribution in [2.75, 3.05) is 29.9 Å². The highest BCUT2D eigenvalue weighted by Crippen LogP contribution is 2.16. The fraction of sp³-hybridized carbons (Fsp3) is 0.400. The maximum absolute atomic E-state index is 12.1. The lowest BCUT2D eigenvalue weighted by molar-refractivity contribution is 0.102. The van der Waals surface area contributed by atoms with Crippen LogP contribution in [0, 0.1) is 0 Å². The van der Waals surface area contributed by atoms with Gasteiger partial charge in [0, 0.05) is 24.9 Å². The molecule has 0 atom stereocenters. The molecule has 2 rings (SSSR count). The highest BCUT2D eigenvalue weighted by atomic mass is 35.5. The summed E-state index contributed by atoms with van der Waals surface area (Å²) >= 11 is 1.45. The van der Waals surface area contributed by atoms with Crippen LogP contribution in [0.5, 0.6) is 0 Å². The highest BCUT2D eigenvalue weighted by Gasteiger charge is 2.11. The van der Waals surface area contributed by atoms with Crippen molar-refractivity contribution in [1.29, 1.82) is 0 Å². The van der Waals surface area contributed by atoms with Gasteiger partial charge >= 0.3 is 0 Å². The van der Waals surface area contributed by atoms with Gasteiger partial charge in [-0.3, -0.25) is 4.79 Å². The number of carbonyl (C=O) groups is 1. The van der Waals surface area contributed by atoms with Gasteiger partial charge in [-0.05, 0) is 32.5 Å². The molecule has 0 radical (unpaired) electrons. The first-order chi connectivity index (χ1) is 10.7. The molecule has 0 unspecified atom stereocenters. The number of thiazole rings is 1. The summed E-state index contributed by atoms with van der Waals surface area (Å²) in [6.45, 7) is 6.51. The lowest BCUT2D eigenvalue weighted by Crippen LogP contribution is -2.22. The summed E-state index contributed by atoms with van der Waals surface area (Å²) < 4.78 is 0. The summed E-state index contributed by atoms with van der Waals surface area (Å²) in [5.74, 6) is 0.679. The van der Waals surface area contributed by atoms with E-state index in [0.29, 0.717) is 24.3 Å². The molecule has 2 aromatic heterocycles. The molecule has 0 aliphatic rings. The summed E-state index contributed by atoms with van der Waals surface area (Å²) in [4.78, 5) is 22.9. The first kappa shape index (κ1) is 22.6. The van der Waals surface area contributed by atoms with E-state index in [-0.39, 0.29) is 30.7 Å².